The first kappa shape index (κ1) is 13.4. The van der Waals surface area contributed by atoms with Crippen molar-refractivity contribution in [1.29, 1.82) is 0 Å². The molecule has 1 unspecified atom stereocenters. The lowest BCUT2D eigenvalue weighted by molar-refractivity contribution is 0.376. The molecule has 0 bridgehead atoms. The van der Waals surface area contributed by atoms with Crippen LogP contribution in [0.5, 0.6) is 0 Å². The van der Waals surface area contributed by atoms with E-state index >= 15 is 0 Å². The van der Waals surface area contributed by atoms with Crippen molar-refractivity contribution in [3.8, 4) is 0 Å². The van der Waals surface area contributed by atoms with E-state index in [1.54, 1.807) is 0 Å². The van der Waals surface area contributed by atoms with E-state index in [4.69, 9.17) is 11.6 Å². The largest absolute Gasteiger partial charge is 0.306 e. The zero-order chi connectivity index (χ0) is 12.3. The number of alkyl halides is 1. The molecule has 0 aliphatic rings. The van der Waals surface area contributed by atoms with E-state index in [1.165, 1.54) is 6.07 Å². The molecule has 0 fully saturated rings. The van der Waals surface area contributed by atoms with Crippen LogP contribution in [0.2, 0.25) is 0 Å². The highest BCUT2D eigenvalue weighted by atomic mass is 35.5. The zero-order valence-electron chi connectivity index (χ0n) is 9.65. The molecule has 0 aromatic heterocycles. The quantitative estimate of drug-likeness (QED) is 0.804. The van der Waals surface area contributed by atoms with Crippen LogP contribution in [0.1, 0.15) is 26.3 Å². The molecule has 0 saturated carbocycles. The summed E-state index contributed by atoms with van der Waals surface area (Å²) in [5.74, 6) is -0.846. The Morgan fingerprint density at radius 1 is 1.38 bits per heavy atom. The molecule has 0 amide bonds. The third-order valence-corrected chi connectivity index (χ3v) is 3.28. The smallest absolute Gasteiger partial charge is 0.127 e. The molecular weight excluding hydrogens is 232 g/mol. The Labute approximate surface area is 99.8 Å². The van der Waals surface area contributed by atoms with Gasteiger partial charge in [-0.3, -0.25) is 0 Å². The summed E-state index contributed by atoms with van der Waals surface area (Å²) >= 11 is 5.98. The third kappa shape index (κ3) is 3.42. The fourth-order valence-electron chi connectivity index (χ4n) is 1.14. The van der Waals surface area contributed by atoms with Crippen LogP contribution in [0.4, 0.5) is 8.78 Å². The van der Waals surface area contributed by atoms with Crippen molar-refractivity contribution in [2.75, 3.05) is 0 Å². The van der Waals surface area contributed by atoms with Crippen LogP contribution in [0.3, 0.4) is 0 Å². The number of halogens is 3. The summed E-state index contributed by atoms with van der Waals surface area (Å²) in [6, 6.07) is 3.43. The maximum Gasteiger partial charge on any atom is 0.127 e. The zero-order valence-corrected chi connectivity index (χ0v) is 10.4. The second-order valence-electron chi connectivity index (χ2n) is 4.43. The highest BCUT2D eigenvalue weighted by Crippen LogP contribution is 2.17. The van der Waals surface area contributed by atoms with Crippen molar-refractivity contribution in [3.05, 3.63) is 35.4 Å². The molecule has 0 saturated heterocycles. The third-order valence-electron chi connectivity index (χ3n) is 2.74. The highest BCUT2D eigenvalue weighted by Gasteiger charge is 2.23. The van der Waals surface area contributed by atoms with Crippen LogP contribution in [-0.2, 0) is 6.54 Å². The lowest BCUT2D eigenvalue weighted by Crippen LogP contribution is -2.45. The Kier molecular flexibility index (Phi) is 4.28. The van der Waals surface area contributed by atoms with E-state index in [0.29, 0.717) is 5.56 Å². The molecule has 1 N–H and O–H groups in total. The van der Waals surface area contributed by atoms with Crippen LogP contribution < -0.4 is 5.32 Å². The van der Waals surface area contributed by atoms with Gasteiger partial charge in [0.2, 0.25) is 0 Å². The van der Waals surface area contributed by atoms with Gasteiger partial charge in [0.15, 0.2) is 0 Å². The van der Waals surface area contributed by atoms with E-state index in [0.717, 1.165) is 12.1 Å². The molecule has 90 valence electrons. The Morgan fingerprint density at radius 2 is 2.00 bits per heavy atom. The molecule has 1 atom stereocenters. The molecule has 0 heterocycles. The van der Waals surface area contributed by atoms with Crippen LogP contribution in [0.25, 0.3) is 0 Å². The van der Waals surface area contributed by atoms with Crippen LogP contribution >= 0.6 is 11.6 Å². The van der Waals surface area contributed by atoms with Gasteiger partial charge in [0.25, 0.3) is 0 Å². The minimum atomic E-state index is -0.435. The maximum atomic E-state index is 13.3. The molecular formula is C12H16ClF2N. The second-order valence-corrected chi connectivity index (χ2v) is 5.08. The maximum absolute atomic E-state index is 13.3. The molecule has 0 aliphatic heterocycles. The first-order chi connectivity index (χ1) is 7.33. The lowest BCUT2D eigenvalue weighted by Gasteiger charge is -2.29. The predicted molar refractivity (Wildman–Crippen MR) is 62.6 cm³/mol. The second kappa shape index (κ2) is 5.11. The Bertz CT molecular complexity index is 364. The minimum Gasteiger partial charge on any atom is -0.306 e. The summed E-state index contributed by atoms with van der Waals surface area (Å²) in [5, 5.41) is 3.00. The van der Waals surface area contributed by atoms with Crippen LogP contribution in [0.15, 0.2) is 18.2 Å². The average Bonchev–Trinajstić information content (AvgIpc) is 2.19. The molecule has 0 radical (unpaired) electrons. The molecule has 0 spiro atoms. The molecule has 16 heavy (non-hydrogen) atoms. The van der Waals surface area contributed by atoms with Crippen molar-refractivity contribution >= 4 is 11.6 Å². The van der Waals surface area contributed by atoms with Crippen molar-refractivity contribution < 1.29 is 8.78 Å². The van der Waals surface area contributed by atoms with Gasteiger partial charge in [0, 0.05) is 23.0 Å². The molecule has 4 heteroatoms. The first-order valence-electron chi connectivity index (χ1n) is 5.16. The fraction of sp³-hybridized carbons (Fsp3) is 0.500. The highest BCUT2D eigenvalue weighted by molar-refractivity contribution is 6.21. The van der Waals surface area contributed by atoms with Crippen molar-refractivity contribution in [1.82, 2.24) is 5.32 Å². The van der Waals surface area contributed by atoms with E-state index in [1.807, 2.05) is 20.8 Å². The predicted octanol–water partition coefficient (Wildman–Crippen LogP) is 3.46. The van der Waals surface area contributed by atoms with Crippen molar-refractivity contribution in [3.63, 3.8) is 0 Å². The summed E-state index contributed by atoms with van der Waals surface area (Å²) in [6.45, 7) is 5.95. The van der Waals surface area contributed by atoms with E-state index < -0.39 is 11.6 Å². The van der Waals surface area contributed by atoms with Crippen LogP contribution in [0, 0.1) is 11.6 Å². The summed E-state index contributed by atoms with van der Waals surface area (Å²) in [4.78, 5) is 0. The van der Waals surface area contributed by atoms with Gasteiger partial charge in [-0.2, -0.15) is 0 Å². The number of benzene rings is 1. The summed E-state index contributed by atoms with van der Waals surface area (Å²) in [7, 11) is 0. The van der Waals surface area contributed by atoms with Crippen molar-refractivity contribution in [2.24, 2.45) is 0 Å². The van der Waals surface area contributed by atoms with E-state index in [-0.39, 0.29) is 17.5 Å². The van der Waals surface area contributed by atoms with Gasteiger partial charge in [-0.25, -0.2) is 8.78 Å². The Balaban J connectivity index is 2.71. The molecule has 1 aromatic rings. The van der Waals surface area contributed by atoms with Crippen molar-refractivity contribution in [2.45, 2.75) is 38.2 Å². The Hall–Kier alpha value is -0.670. The molecule has 1 nitrogen and oxygen atoms in total. The van der Waals surface area contributed by atoms with Gasteiger partial charge in [0.05, 0.1) is 0 Å². The Morgan fingerprint density at radius 3 is 2.56 bits per heavy atom. The number of nitrogens with one attached hydrogen (secondary N) is 1. The summed E-state index contributed by atoms with van der Waals surface area (Å²) < 4.78 is 26.2. The van der Waals surface area contributed by atoms with Gasteiger partial charge >= 0.3 is 0 Å². The van der Waals surface area contributed by atoms with Gasteiger partial charge in [-0.05, 0) is 39.0 Å². The van der Waals surface area contributed by atoms with Gasteiger partial charge in [0.1, 0.15) is 11.6 Å². The summed E-state index contributed by atoms with van der Waals surface area (Å²) in [6.07, 6.45) is 0. The lowest BCUT2D eigenvalue weighted by atomic mass is 10.0. The molecule has 1 aromatic carbocycles. The monoisotopic (exact) mass is 247 g/mol. The first-order valence-corrected chi connectivity index (χ1v) is 5.59. The van der Waals surface area contributed by atoms with E-state index in [2.05, 4.69) is 5.32 Å². The summed E-state index contributed by atoms with van der Waals surface area (Å²) in [5.41, 5.74) is -0.0225. The normalized spacial score (nSPS) is 13.9. The van der Waals surface area contributed by atoms with Gasteiger partial charge in [-0.1, -0.05) is 0 Å². The van der Waals surface area contributed by atoms with E-state index in [9.17, 15) is 8.78 Å². The van der Waals surface area contributed by atoms with Gasteiger partial charge in [-0.15, -0.1) is 11.6 Å². The standard InChI is InChI=1S/C12H16ClF2N/c1-8(13)12(2,3)16-7-9-6-10(14)4-5-11(9)15/h4-6,8,16H,7H2,1-3H3. The molecule has 1 rings (SSSR count). The van der Waals surface area contributed by atoms with Crippen LogP contribution in [-0.4, -0.2) is 10.9 Å². The SMILES string of the molecule is CC(Cl)C(C)(C)NCc1cc(F)ccc1F. The average molecular weight is 248 g/mol. The fourth-order valence-corrected chi connectivity index (χ4v) is 1.22. The number of rotatable bonds is 4. The van der Waals surface area contributed by atoms with Gasteiger partial charge < -0.3 is 5.32 Å². The number of hydrogen-bond acceptors (Lipinski definition) is 1. The minimum absolute atomic E-state index is 0.107. The molecule has 0 aliphatic carbocycles. The number of hydrogen-bond donors (Lipinski definition) is 1. The topological polar surface area (TPSA) is 12.0 Å².